The van der Waals surface area contributed by atoms with Crippen LogP contribution in [0.5, 0.6) is 0 Å². The highest BCUT2D eigenvalue weighted by atomic mass is 19.1. The summed E-state index contributed by atoms with van der Waals surface area (Å²) in [6, 6.07) is 3.15. The minimum Gasteiger partial charge on any atom is -0.477 e. The lowest BCUT2D eigenvalue weighted by atomic mass is 9.74. The highest BCUT2D eigenvalue weighted by Crippen LogP contribution is 2.42. The number of ketones is 1. The second kappa shape index (κ2) is 33.3. The topological polar surface area (TPSA) is 333 Å². The van der Waals surface area contributed by atoms with E-state index in [1.807, 2.05) is 49.2 Å². The maximum atomic E-state index is 14.6. The number of nitrogens with one attached hydrogen (secondary N) is 3. The predicted octanol–water partition coefficient (Wildman–Crippen LogP) is 3.08. The molecule has 5 fully saturated rings. The van der Waals surface area contributed by atoms with Gasteiger partial charge in [0.15, 0.2) is 12.6 Å². The first-order valence-corrected chi connectivity index (χ1v) is 32.1. The van der Waals surface area contributed by atoms with Crippen LogP contribution in [0.2, 0.25) is 0 Å². The van der Waals surface area contributed by atoms with Gasteiger partial charge in [-0.3, -0.25) is 14.4 Å². The van der Waals surface area contributed by atoms with Crippen molar-refractivity contribution >= 4 is 34.3 Å². The molecule has 25 heteroatoms. The highest BCUT2D eigenvalue weighted by molar-refractivity contribution is 5.93. The van der Waals surface area contributed by atoms with Crippen molar-refractivity contribution in [1.29, 1.82) is 0 Å². The van der Waals surface area contributed by atoms with Crippen molar-refractivity contribution in [3.8, 4) is 0 Å². The van der Waals surface area contributed by atoms with Crippen LogP contribution in [0.15, 0.2) is 23.1 Å². The Balaban J connectivity index is 0.000000307. The van der Waals surface area contributed by atoms with Crippen LogP contribution in [0.1, 0.15) is 151 Å². The second-order valence-corrected chi connectivity index (χ2v) is 26.3. The Bertz CT molecular complexity index is 2620. The maximum Gasteiger partial charge on any atom is 0.341 e. The molecule has 0 spiro atoms. The van der Waals surface area contributed by atoms with Gasteiger partial charge in [-0.15, -0.1) is 0 Å². The van der Waals surface area contributed by atoms with Crippen LogP contribution in [0.25, 0.3) is 10.9 Å². The van der Waals surface area contributed by atoms with Gasteiger partial charge in [0.25, 0.3) is 0 Å². The monoisotopic (exact) mass is 1270 g/mol. The van der Waals surface area contributed by atoms with E-state index in [-0.39, 0.29) is 73.7 Å². The Kier molecular flexibility index (Phi) is 28.4. The third-order valence-electron chi connectivity index (χ3n) is 19.0. The maximum absolute atomic E-state index is 14.6. The number of cyclic esters (lactones) is 1. The van der Waals surface area contributed by atoms with Crippen molar-refractivity contribution in [3.63, 3.8) is 0 Å². The molecule has 2 aromatic rings. The molecule has 5 aliphatic rings. The number of aliphatic hydroxyl groups excluding tert-OH is 5. The number of piperazine rings is 1. The Morgan fingerprint density at radius 1 is 0.865 bits per heavy atom. The first-order valence-electron chi connectivity index (χ1n) is 32.1. The zero-order valence-corrected chi connectivity index (χ0v) is 55.3. The number of esters is 1. The molecule has 24 nitrogen and oxygen atoms in total. The lowest BCUT2D eigenvalue weighted by molar-refractivity contribution is -0.318. The summed E-state index contributed by atoms with van der Waals surface area (Å²) in [6.45, 7) is 25.4. The van der Waals surface area contributed by atoms with Gasteiger partial charge < -0.3 is 99.6 Å². The Morgan fingerprint density at radius 2 is 1.46 bits per heavy atom. The first kappa shape index (κ1) is 75.8. The number of carboxylic acid groups (broad SMARTS) is 1. The Labute approximate surface area is 525 Å². The van der Waals surface area contributed by atoms with E-state index in [2.05, 4.69) is 16.0 Å². The molecule has 510 valence electrons. The van der Waals surface area contributed by atoms with Gasteiger partial charge in [-0.1, -0.05) is 41.5 Å². The molecule has 0 bridgehead atoms. The summed E-state index contributed by atoms with van der Waals surface area (Å²) < 4.78 is 53.5. The number of likely N-dealkylation sites (N-methyl/N-ethyl adjacent to an activating group) is 1. The van der Waals surface area contributed by atoms with Gasteiger partial charge in [-0.2, -0.15) is 0 Å². The van der Waals surface area contributed by atoms with E-state index in [1.54, 1.807) is 47.6 Å². The standard InChI is InChI=1S/C37H67NO13.C17H18FN3O3.C10H24N2O2/c1-14-25-37(10,45)30(41)20(4)27(39)18(2)16-35(8,44)32(51-34-28(40)24(38(11)12)15-19(3)47-34)21(5)29(22(6)33(43)49-25)50-26-17-36(9,46-13)31(42)23(7)48-26;18-13-7-11-14(8-15(13)20-5-3-19-4-6-20)21(10-1-2-10)9-12(16(11)22)17(23)24;1-3-9(7-13)11-5-6-12-10(4-2)8-14/h18-26,28-32,34,40-42,44-45H,14-17H2,1-13H3;7-10,19H,1-6H2,(H,23,24);9-14H,3-8H2,1-2H3/t18-,19?,20+,21+,22-,23?,24?,25-,26?,28?,29+,30-,31?,32-,34?,35-,36?,37-;;9-,10-/m1.0/s1. The molecule has 1 saturated carbocycles. The molecule has 4 aliphatic heterocycles. The van der Waals surface area contributed by atoms with Crippen LogP contribution in [-0.2, 0) is 38.0 Å². The fourth-order valence-corrected chi connectivity index (χ4v) is 13.0. The number of benzene rings is 1. The number of rotatable bonds is 19. The third kappa shape index (κ3) is 18.9. The smallest absolute Gasteiger partial charge is 0.341 e. The van der Waals surface area contributed by atoms with Gasteiger partial charge in [-0.25, -0.2) is 9.18 Å². The fraction of sp³-hybridized carbons (Fsp3) is 0.812. The molecular weight excluding hydrogens is 1160 g/mol. The minimum absolute atomic E-state index is 0.0936. The number of carbonyl (C=O) groups is 3. The van der Waals surface area contributed by atoms with Crippen molar-refractivity contribution < 1.29 is 88.0 Å². The summed E-state index contributed by atoms with van der Waals surface area (Å²) in [5.41, 5.74) is -4.68. The number of pyridine rings is 1. The number of carboxylic acids is 1. The van der Waals surface area contributed by atoms with Gasteiger partial charge in [0, 0.05) is 106 Å². The van der Waals surface area contributed by atoms with Crippen LogP contribution < -0.4 is 26.3 Å². The highest BCUT2D eigenvalue weighted by Gasteiger charge is 2.54. The van der Waals surface area contributed by atoms with Gasteiger partial charge >= 0.3 is 11.9 Å². The molecule has 1 aromatic heterocycles. The quantitative estimate of drug-likeness (QED) is 0.0711. The summed E-state index contributed by atoms with van der Waals surface area (Å²) in [5.74, 6) is -6.73. The summed E-state index contributed by atoms with van der Waals surface area (Å²) in [4.78, 5) is 55.5. The summed E-state index contributed by atoms with van der Waals surface area (Å²) in [7, 11) is 5.18. The second-order valence-electron chi connectivity index (χ2n) is 26.3. The van der Waals surface area contributed by atoms with E-state index in [0.717, 1.165) is 51.9 Å². The average Bonchev–Trinajstić information content (AvgIpc) is 1.96. The van der Waals surface area contributed by atoms with Crippen molar-refractivity contribution in [2.24, 2.45) is 23.7 Å². The Morgan fingerprint density at radius 3 is 1.98 bits per heavy atom. The number of hydrogen-bond donors (Lipinski definition) is 11. The molecule has 7 rings (SSSR count). The number of hydrogen-bond acceptors (Lipinski definition) is 22. The molecule has 4 saturated heterocycles. The molecule has 89 heavy (non-hydrogen) atoms. The number of aromatic nitrogens is 1. The number of nitrogens with zero attached hydrogens (tertiary/aromatic N) is 3. The van der Waals surface area contributed by atoms with Crippen LogP contribution in [0.4, 0.5) is 10.1 Å². The number of ether oxygens (including phenoxy) is 6. The van der Waals surface area contributed by atoms with E-state index >= 15 is 0 Å². The number of methoxy groups -OCH3 is 1. The number of anilines is 1. The van der Waals surface area contributed by atoms with Gasteiger partial charge in [0.1, 0.15) is 41.1 Å². The predicted molar refractivity (Wildman–Crippen MR) is 333 cm³/mol. The van der Waals surface area contributed by atoms with E-state index in [0.29, 0.717) is 30.7 Å². The molecule has 1 aliphatic carbocycles. The number of carbonyl (C=O) groups excluding carboxylic acids is 2. The van der Waals surface area contributed by atoms with Gasteiger partial charge in [-0.05, 0) is 113 Å². The first-order chi connectivity index (χ1) is 41.8. The van der Waals surface area contributed by atoms with E-state index in [1.165, 1.54) is 40.1 Å². The normalized spacial score (nSPS) is 35.8. The third-order valence-corrected chi connectivity index (χ3v) is 19.0. The van der Waals surface area contributed by atoms with E-state index < -0.39 is 125 Å². The van der Waals surface area contributed by atoms with E-state index in [4.69, 9.17) is 38.6 Å². The van der Waals surface area contributed by atoms with Crippen LogP contribution in [0.3, 0.4) is 0 Å². The van der Waals surface area contributed by atoms with Gasteiger partial charge in [0.2, 0.25) is 5.43 Å². The summed E-state index contributed by atoms with van der Waals surface area (Å²) in [6.07, 6.45) is -4.54. The number of halogens is 1. The Hall–Kier alpha value is -3.87. The lowest BCUT2D eigenvalue weighted by Crippen LogP contribution is -2.61. The van der Waals surface area contributed by atoms with Gasteiger partial charge in [0.05, 0.1) is 72.1 Å². The van der Waals surface area contributed by atoms with Crippen molar-refractivity contribution in [2.75, 3.05) is 78.6 Å². The number of aromatic carboxylic acids is 1. The number of Topliss-reactive ketones (excluding diaryl/α,β-unsaturated/α-hetero) is 1. The molecule has 8 unspecified atom stereocenters. The largest absolute Gasteiger partial charge is 0.477 e. The molecule has 1 aromatic carbocycles. The van der Waals surface area contributed by atoms with Crippen LogP contribution in [-0.4, -0.2) is 238 Å². The molecule has 5 heterocycles. The SMILES string of the molecule is CC[C@@H](CO)NCCN[C@@H](CC)CO.CC[C@H]1OC(=O)[C@H](C)[C@@H](OC2CC(C)(OC)C(O)C(C)O2)[C@H](C)[C@@H](OC2OC(C)CC(N(C)C)C2O)[C@](C)(O)C[C@@H](C)C(=O)[C@H](C)[C@@H](O)[C@]1(C)O.O=C(O)c1cn(C2CC2)c2cc(N3CCNCC3)c(F)cc2c1=O. The summed E-state index contributed by atoms with van der Waals surface area (Å²) >= 11 is 0. The van der Waals surface area contributed by atoms with Crippen LogP contribution in [0, 0.1) is 29.5 Å². The number of aliphatic hydroxyl groups is 7. The van der Waals surface area contributed by atoms with Crippen molar-refractivity contribution in [2.45, 2.75) is 237 Å². The average molecular weight is 1270 g/mol. The molecule has 20 atom stereocenters. The molecule has 11 N–H and O–H groups in total. The lowest BCUT2D eigenvalue weighted by Gasteiger charge is -2.49. The zero-order valence-electron chi connectivity index (χ0n) is 55.3. The van der Waals surface area contributed by atoms with Crippen LogP contribution >= 0.6 is 0 Å². The molecule has 0 amide bonds. The van der Waals surface area contributed by atoms with Crippen molar-refractivity contribution in [1.82, 2.24) is 25.4 Å². The zero-order chi connectivity index (χ0) is 66.6. The number of fused-ring (bicyclic) bond motifs is 1. The molecular formula is C64H109FN6O18. The minimum atomic E-state index is -1.99. The molecule has 0 radical (unpaired) electrons. The van der Waals surface area contributed by atoms with E-state index in [9.17, 15) is 54.2 Å². The van der Waals surface area contributed by atoms with Crippen molar-refractivity contribution in [3.05, 3.63) is 39.9 Å². The summed E-state index contributed by atoms with van der Waals surface area (Å²) in [5, 5.41) is 94.5. The fourth-order valence-electron chi connectivity index (χ4n) is 13.0.